The van der Waals surface area contributed by atoms with Crippen molar-refractivity contribution in [3.63, 3.8) is 0 Å². The van der Waals surface area contributed by atoms with Crippen molar-refractivity contribution in [2.24, 2.45) is 5.10 Å². The molecule has 0 heterocycles. The van der Waals surface area contributed by atoms with Crippen molar-refractivity contribution in [3.05, 3.63) is 63.2 Å². The van der Waals surface area contributed by atoms with E-state index in [1.807, 2.05) is 31.2 Å². The second-order valence-electron chi connectivity index (χ2n) is 4.62. The van der Waals surface area contributed by atoms with Gasteiger partial charge in [0.2, 0.25) is 0 Å². The summed E-state index contributed by atoms with van der Waals surface area (Å²) in [4.78, 5) is 11.9. The van der Waals surface area contributed by atoms with E-state index in [1.54, 1.807) is 30.5 Å². The van der Waals surface area contributed by atoms with Crippen molar-refractivity contribution >= 4 is 34.7 Å². The minimum absolute atomic E-state index is 0.246. The maximum atomic E-state index is 11.9. The van der Waals surface area contributed by atoms with Crippen molar-refractivity contribution < 1.29 is 9.53 Å². The molecule has 0 aliphatic carbocycles. The number of carbonyl (C=O) groups excluding carboxylic acids is 1. The van der Waals surface area contributed by atoms with E-state index in [1.165, 1.54) is 0 Å². The number of nitrogens with one attached hydrogen (secondary N) is 1. The minimum Gasteiger partial charge on any atom is -0.494 e. The van der Waals surface area contributed by atoms with E-state index in [9.17, 15) is 4.79 Å². The third-order valence-corrected chi connectivity index (χ3v) is 3.56. The second-order valence-corrected chi connectivity index (χ2v) is 5.87. The van der Waals surface area contributed by atoms with Crippen LogP contribution in [0.1, 0.15) is 29.3 Å². The third-order valence-electron chi connectivity index (χ3n) is 2.84. The SMILES string of the molecule is CCCOc1ccc(C(=O)N/N=C\c2ccc(I)cc2)cc1. The number of halogens is 1. The molecule has 1 N–H and O–H groups in total. The average Bonchev–Trinajstić information content (AvgIpc) is 2.55. The first kappa shape index (κ1) is 16.5. The van der Waals surface area contributed by atoms with Gasteiger partial charge in [0.15, 0.2) is 0 Å². The first-order valence-corrected chi connectivity index (χ1v) is 8.08. The number of hydrogen-bond donors (Lipinski definition) is 1. The van der Waals surface area contributed by atoms with Crippen molar-refractivity contribution in [3.8, 4) is 5.75 Å². The molecule has 0 fully saturated rings. The lowest BCUT2D eigenvalue weighted by Crippen LogP contribution is -2.17. The molecule has 22 heavy (non-hydrogen) atoms. The maximum absolute atomic E-state index is 11.9. The van der Waals surface area contributed by atoms with Gasteiger partial charge in [-0.1, -0.05) is 19.1 Å². The summed E-state index contributed by atoms with van der Waals surface area (Å²) in [5, 5.41) is 3.96. The molecule has 0 atom stereocenters. The van der Waals surface area contributed by atoms with Crippen LogP contribution in [0.4, 0.5) is 0 Å². The minimum atomic E-state index is -0.246. The molecule has 0 aliphatic heterocycles. The second kappa shape index (κ2) is 8.53. The summed E-state index contributed by atoms with van der Waals surface area (Å²) in [6, 6.07) is 14.9. The van der Waals surface area contributed by atoms with Gasteiger partial charge in [-0.25, -0.2) is 5.43 Å². The van der Waals surface area contributed by atoms with E-state index in [2.05, 4.69) is 33.1 Å². The number of nitrogens with zero attached hydrogens (tertiary/aromatic N) is 1. The largest absolute Gasteiger partial charge is 0.494 e. The van der Waals surface area contributed by atoms with Gasteiger partial charge in [-0.3, -0.25) is 4.79 Å². The van der Waals surface area contributed by atoms with Crippen molar-refractivity contribution in [1.29, 1.82) is 0 Å². The number of hydrazone groups is 1. The van der Waals surface area contributed by atoms with E-state index in [-0.39, 0.29) is 5.91 Å². The molecule has 2 rings (SSSR count). The summed E-state index contributed by atoms with van der Waals surface area (Å²) >= 11 is 2.24. The fraction of sp³-hybridized carbons (Fsp3) is 0.176. The van der Waals surface area contributed by atoms with Crippen LogP contribution in [0.25, 0.3) is 0 Å². The van der Waals surface area contributed by atoms with Crippen LogP contribution < -0.4 is 10.2 Å². The Morgan fingerprint density at radius 3 is 2.50 bits per heavy atom. The monoisotopic (exact) mass is 408 g/mol. The summed E-state index contributed by atoms with van der Waals surface area (Å²) < 4.78 is 6.63. The highest BCUT2D eigenvalue weighted by Crippen LogP contribution is 2.12. The summed E-state index contributed by atoms with van der Waals surface area (Å²) in [6.45, 7) is 2.72. The number of ether oxygens (including phenoxy) is 1. The molecule has 0 spiro atoms. The molecule has 0 saturated heterocycles. The van der Waals surface area contributed by atoms with Gasteiger partial charge in [0, 0.05) is 9.13 Å². The first-order valence-electron chi connectivity index (χ1n) is 7.01. The van der Waals surface area contributed by atoms with Crippen LogP contribution >= 0.6 is 22.6 Å². The highest BCUT2D eigenvalue weighted by molar-refractivity contribution is 14.1. The van der Waals surface area contributed by atoms with Gasteiger partial charge >= 0.3 is 0 Å². The Labute approximate surface area is 143 Å². The zero-order valence-corrected chi connectivity index (χ0v) is 14.4. The Morgan fingerprint density at radius 1 is 1.18 bits per heavy atom. The smallest absolute Gasteiger partial charge is 0.271 e. The molecule has 0 unspecified atom stereocenters. The highest BCUT2D eigenvalue weighted by atomic mass is 127. The number of rotatable bonds is 6. The van der Waals surface area contributed by atoms with Crippen LogP contribution in [-0.2, 0) is 0 Å². The van der Waals surface area contributed by atoms with E-state index in [0.29, 0.717) is 12.2 Å². The van der Waals surface area contributed by atoms with Gasteiger partial charge in [0.05, 0.1) is 12.8 Å². The predicted octanol–water partition coefficient (Wildman–Crippen LogP) is 3.84. The van der Waals surface area contributed by atoms with Gasteiger partial charge in [-0.05, 0) is 71.0 Å². The van der Waals surface area contributed by atoms with Crippen LogP contribution in [0.15, 0.2) is 53.6 Å². The first-order chi connectivity index (χ1) is 10.7. The molecule has 0 saturated carbocycles. The highest BCUT2D eigenvalue weighted by Gasteiger charge is 2.04. The molecular formula is C17H17IN2O2. The Morgan fingerprint density at radius 2 is 1.86 bits per heavy atom. The topological polar surface area (TPSA) is 50.7 Å². The lowest BCUT2D eigenvalue weighted by Gasteiger charge is -2.05. The molecule has 2 aromatic rings. The molecule has 0 bridgehead atoms. The molecule has 0 radical (unpaired) electrons. The molecule has 5 heteroatoms. The molecule has 0 aromatic heterocycles. The average molecular weight is 408 g/mol. The maximum Gasteiger partial charge on any atom is 0.271 e. The lowest BCUT2D eigenvalue weighted by molar-refractivity contribution is 0.0955. The summed E-state index contributed by atoms with van der Waals surface area (Å²) in [7, 11) is 0. The lowest BCUT2D eigenvalue weighted by atomic mass is 10.2. The number of benzene rings is 2. The fourth-order valence-corrected chi connectivity index (χ4v) is 2.06. The van der Waals surface area contributed by atoms with E-state index in [0.717, 1.165) is 21.3 Å². The number of carbonyl (C=O) groups is 1. The normalized spacial score (nSPS) is 10.6. The molecule has 0 aliphatic rings. The van der Waals surface area contributed by atoms with Gasteiger partial charge in [0.25, 0.3) is 5.91 Å². The van der Waals surface area contributed by atoms with Crippen molar-refractivity contribution in [2.45, 2.75) is 13.3 Å². The zero-order chi connectivity index (χ0) is 15.8. The van der Waals surface area contributed by atoms with Crippen LogP contribution in [-0.4, -0.2) is 18.7 Å². The van der Waals surface area contributed by atoms with E-state index < -0.39 is 0 Å². The zero-order valence-electron chi connectivity index (χ0n) is 12.3. The molecule has 1 amide bonds. The standard InChI is InChI=1S/C17H17IN2O2/c1-2-11-22-16-9-5-14(6-10-16)17(21)20-19-12-13-3-7-15(18)8-4-13/h3-10,12H,2,11H2,1H3,(H,20,21)/b19-12-. The van der Waals surface area contributed by atoms with E-state index >= 15 is 0 Å². The molecule has 2 aromatic carbocycles. The Balaban J connectivity index is 1.90. The van der Waals surface area contributed by atoms with Crippen LogP contribution in [0.3, 0.4) is 0 Å². The van der Waals surface area contributed by atoms with Crippen LogP contribution in [0.2, 0.25) is 0 Å². The van der Waals surface area contributed by atoms with Gasteiger partial charge in [-0.2, -0.15) is 5.10 Å². The van der Waals surface area contributed by atoms with Gasteiger partial charge in [0.1, 0.15) is 5.75 Å². The quantitative estimate of drug-likeness (QED) is 0.449. The summed E-state index contributed by atoms with van der Waals surface area (Å²) in [5.74, 6) is 0.518. The molecule has 4 nitrogen and oxygen atoms in total. The Kier molecular flexibility index (Phi) is 6.39. The fourth-order valence-electron chi connectivity index (χ4n) is 1.70. The predicted molar refractivity (Wildman–Crippen MR) is 96.4 cm³/mol. The van der Waals surface area contributed by atoms with Crippen molar-refractivity contribution in [2.75, 3.05) is 6.61 Å². The van der Waals surface area contributed by atoms with E-state index in [4.69, 9.17) is 4.74 Å². The van der Waals surface area contributed by atoms with Crippen LogP contribution in [0.5, 0.6) is 5.75 Å². The Hall–Kier alpha value is -1.89. The number of amides is 1. The van der Waals surface area contributed by atoms with Gasteiger partial charge < -0.3 is 4.74 Å². The van der Waals surface area contributed by atoms with Crippen LogP contribution in [0, 0.1) is 3.57 Å². The summed E-state index contributed by atoms with van der Waals surface area (Å²) in [5.41, 5.74) is 3.99. The summed E-state index contributed by atoms with van der Waals surface area (Å²) in [6.07, 6.45) is 2.57. The number of hydrogen-bond acceptors (Lipinski definition) is 3. The van der Waals surface area contributed by atoms with Gasteiger partial charge in [-0.15, -0.1) is 0 Å². The molecule has 114 valence electrons. The molecular weight excluding hydrogens is 391 g/mol. The third kappa shape index (κ3) is 5.14. The van der Waals surface area contributed by atoms with Crippen molar-refractivity contribution in [1.82, 2.24) is 5.43 Å². The Bertz CT molecular complexity index is 637.